The fourth-order valence-electron chi connectivity index (χ4n) is 3.40. The van der Waals surface area contributed by atoms with Gasteiger partial charge in [-0.05, 0) is 30.0 Å². The number of pyridine rings is 1. The SMILES string of the molecule is CCCCCn1ccc2cc(-c3ncc(Cl)c(N)n3)c(F)cc2c1=O.Nc1cn[nH]c(=O)c1C(F)(F)F. The van der Waals surface area contributed by atoms with Crippen LogP contribution in [-0.4, -0.2) is 24.7 Å². The number of rotatable bonds is 5. The highest BCUT2D eigenvalue weighted by atomic mass is 35.5. The number of anilines is 2. The average molecular weight is 540 g/mol. The number of nitrogen functional groups attached to an aromatic ring is 2. The highest BCUT2D eigenvalue weighted by molar-refractivity contribution is 6.32. The number of H-pyrrole nitrogens is 1. The van der Waals surface area contributed by atoms with Crippen molar-refractivity contribution in [3.8, 4) is 11.4 Å². The van der Waals surface area contributed by atoms with Crippen LogP contribution in [0, 0.1) is 5.82 Å². The lowest BCUT2D eigenvalue weighted by Gasteiger charge is -2.09. The van der Waals surface area contributed by atoms with Crippen molar-refractivity contribution in [1.82, 2.24) is 24.7 Å². The van der Waals surface area contributed by atoms with Crippen LogP contribution in [0.4, 0.5) is 29.1 Å². The van der Waals surface area contributed by atoms with Crippen LogP contribution in [0.3, 0.4) is 0 Å². The number of aromatic nitrogens is 5. The second-order valence-electron chi connectivity index (χ2n) is 7.89. The highest BCUT2D eigenvalue weighted by Gasteiger charge is 2.36. The van der Waals surface area contributed by atoms with Crippen molar-refractivity contribution < 1.29 is 17.6 Å². The molecular weight excluding hydrogens is 518 g/mol. The van der Waals surface area contributed by atoms with Gasteiger partial charge >= 0.3 is 6.18 Å². The van der Waals surface area contributed by atoms with E-state index in [1.54, 1.807) is 28.0 Å². The van der Waals surface area contributed by atoms with Gasteiger partial charge in [0.05, 0.1) is 29.0 Å². The molecule has 0 saturated heterocycles. The van der Waals surface area contributed by atoms with Crippen LogP contribution in [0.15, 0.2) is 46.4 Å². The molecule has 0 aliphatic carbocycles. The maximum Gasteiger partial charge on any atom is 0.423 e. The Kier molecular flexibility index (Phi) is 8.48. The number of nitrogens with zero attached hydrogens (tertiary/aromatic N) is 4. The molecule has 0 amide bonds. The summed E-state index contributed by atoms with van der Waals surface area (Å²) in [5, 5.41) is 5.91. The van der Waals surface area contributed by atoms with Gasteiger partial charge in [0.1, 0.15) is 22.2 Å². The second kappa shape index (κ2) is 11.4. The Morgan fingerprint density at radius 3 is 2.46 bits per heavy atom. The molecule has 0 radical (unpaired) electrons. The summed E-state index contributed by atoms with van der Waals surface area (Å²) in [4.78, 5) is 31.2. The lowest BCUT2D eigenvalue weighted by atomic mass is 10.1. The molecule has 0 aliphatic rings. The number of nitrogens with two attached hydrogens (primary N) is 2. The third kappa shape index (κ3) is 6.42. The van der Waals surface area contributed by atoms with Crippen molar-refractivity contribution >= 4 is 33.9 Å². The summed E-state index contributed by atoms with van der Waals surface area (Å²) < 4.78 is 52.1. The molecule has 4 rings (SSSR count). The van der Waals surface area contributed by atoms with Gasteiger partial charge in [-0.2, -0.15) is 18.3 Å². The van der Waals surface area contributed by atoms with Crippen molar-refractivity contribution in [1.29, 1.82) is 0 Å². The van der Waals surface area contributed by atoms with Crippen LogP contribution in [-0.2, 0) is 12.7 Å². The number of halogens is 5. The van der Waals surface area contributed by atoms with E-state index in [2.05, 4.69) is 22.0 Å². The molecule has 5 N–H and O–H groups in total. The van der Waals surface area contributed by atoms with Gasteiger partial charge in [-0.1, -0.05) is 31.4 Å². The smallest absolute Gasteiger partial charge is 0.397 e. The van der Waals surface area contributed by atoms with Crippen molar-refractivity contribution in [3.05, 3.63) is 73.9 Å². The average Bonchev–Trinajstić information content (AvgIpc) is 2.82. The monoisotopic (exact) mass is 539 g/mol. The lowest BCUT2D eigenvalue weighted by molar-refractivity contribution is -0.138. The lowest BCUT2D eigenvalue weighted by Crippen LogP contribution is -2.24. The second-order valence-corrected chi connectivity index (χ2v) is 8.30. The van der Waals surface area contributed by atoms with Crippen LogP contribution < -0.4 is 22.6 Å². The van der Waals surface area contributed by atoms with Gasteiger partial charge < -0.3 is 16.0 Å². The normalized spacial score (nSPS) is 11.3. The molecule has 196 valence electrons. The number of benzene rings is 1. The molecule has 3 aromatic heterocycles. The van der Waals surface area contributed by atoms with Crippen LogP contribution in [0.25, 0.3) is 22.2 Å². The fraction of sp³-hybridized carbons (Fsp3) is 0.261. The third-order valence-corrected chi connectivity index (χ3v) is 5.54. The Balaban J connectivity index is 0.000000266. The maximum absolute atomic E-state index is 14.6. The number of aryl methyl sites for hydroxylation is 1. The summed E-state index contributed by atoms with van der Waals surface area (Å²) in [5.74, 6) is -0.358. The summed E-state index contributed by atoms with van der Waals surface area (Å²) in [7, 11) is 0. The van der Waals surface area contributed by atoms with Gasteiger partial charge in [0, 0.05) is 12.7 Å². The number of aromatic amines is 1. The maximum atomic E-state index is 14.6. The number of nitrogens with one attached hydrogen (secondary N) is 1. The van der Waals surface area contributed by atoms with E-state index in [1.165, 1.54) is 12.3 Å². The van der Waals surface area contributed by atoms with E-state index in [1.807, 2.05) is 0 Å². The molecule has 0 fully saturated rings. The molecule has 9 nitrogen and oxygen atoms in total. The minimum absolute atomic E-state index is 0.0810. The summed E-state index contributed by atoms with van der Waals surface area (Å²) in [6.07, 6.45) is 2.11. The van der Waals surface area contributed by atoms with E-state index in [0.717, 1.165) is 25.5 Å². The van der Waals surface area contributed by atoms with Crippen LogP contribution >= 0.6 is 11.6 Å². The van der Waals surface area contributed by atoms with Gasteiger partial charge in [0.15, 0.2) is 5.82 Å². The minimum atomic E-state index is -4.74. The molecule has 0 spiro atoms. The van der Waals surface area contributed by atoms with Gasteiger partial charge in [0.25, 0.3) is 11.1 Å². The van der Waals surface area contributed by atoms with Crippen molar-refractivity contribution in [3.63, 3.8) is 0 Å². The van der Waals surface area contributed by atoms with Crippen LogP contribution in [0.2, 0.25) is 5.02 Å². The first-order valence-electron chi connectivity index (χ1n) is 11.0. The molecule has 0 unspecified atom stereocenters. The fourth-order valence-corrected chi connectivity index (χ4v) is 3.49. The number of alkyl halides is 3. The van der Waals surface area contributed by atoms with Gasteiger partial charge in [-0.3, -0.25) is 9.59 Å². The predicted octanol–water partition coefficient (Wildman–Crippen LogP) is 4.39. The quantitative estimate of drug-likeness (QED) is 0.252. The first-order chi connectivity index (χ1) is 17.4. The number of hydrogen-bond donors (Lipinski definition) is 3. The largest absolute Gasteiger partial charge is 0.423 e. The summed E-state index contributed by atoms with van der Waals surface area (Å²) in [6.45, 7) is 2.73. The van der Waals surface area contributed by atoms with Crippen molar-refractivity contribution in [2.75, 3.05) is 11.5 Å². The summed E-state index contributed by atoms with van der Waals surface area (Å²) in [5.41, 5.74) is 7.14. The zero-order valence-corrected chi connectivity index (χ0v) is 20.2. The Labute approximate surface area is 212 Å². The van der Waals surface area contributed by atoms with Crippen LogP contribution in [0.1, 0.15) is 31.7 Å². The molecule has 0 saturated carbocycles. The first kappa shape index (κ1) is 27.6. The van der Waals surface area contributed by atoms with E-state index in [0.29, 0.717) is 17.3 Å². The van der Waals surface area contributed by atoms with E-state index in [9.17, 15) is 27.2 Å². The molecular formula is C23H22ClF4N7O2. The topological polar surface area (TPSA) is 146 Å². The zero-order valence-electron chi connectivity index (χ0n) is 19.4. The van der Waals surface area contributed by atoms with E-state index in [4.69, 9.17) is 23.1 Å². The number of fused-ring (bicyclic) bond motifs is 1. The molecule has 3 heterocycles. The third-order valence-electron chi connectivity index (χ3n) is 5.25. The van der Waals surface area contributed by atoms with Gasteiger partial charge in [-0.25, -0.2) is 19.5 Å². The molecule has 14 heteroatoms. The molecule has 0 bridgehead atoms. The Hall–Kier alpha value is -4.00. The predicted molar refractivity (Wildman–Crippen MR) is 132 cm³/mol. The van der Waals surface area contributed by atoms with Gasteiger partial charge in [-0.15, -0.1) is 0 Å². The van der Waals surface area contributed by atoms with Crippen LogP contribution in [0.5, 0.6) is 0 Å². The highest BCUT2D eigenvalue weighted by Crippen LogP contribution is 2.29. The minimum Gasteiger partial charge on any atom is -0.397 e. The molecule has 1 aromatic carbocycles. The Morgan fingerprint density at radius 2 is 1.86 bits per heavy atom. The first-order valence-corrected chi connectivity index (χ1v) is 11.3. The summed E-state index contributed by atoms with van der Waals surface area (Å²) >= 11 is 5.81. The van der Waals surface area contributed by atoms with E-state index in [-0.39, 0.29) is 27.8 Å². The molecule has 4 aromatic rings. The van der Waals surface area contributed by atoms with Gasteiger partial charge in [0.2, 0.25) is 0 Å². The van der Waals surface area contributed by atoms with E-state index >= 15 is 0 Å². The Morgan fingerprint density at radius 1 is 1.14 bits per heavy atom. The zero-order chi connectivity index (χ0) is 27.3. The van der Waals surface area contributed by atoms with Crippen molar-refractivity contribution in [2.24, 2.45) is 0 Å². The number of hydrogen-bond acceptors (Lipinski definition) is 7. The molecule has 0 atom stereocenters. The summed E-state index contributed by atoms with van der Waals surface area (Å²) in [6, 6.07) is 4.59. The standard InChI is InChI=1S/C18H18ClFN4O.C5H4F3N3O/c1-2-3-4-6-24-7-5-11-8-13(15(20)9-12(11)18(24)25)17-22-10-14(19)16(21)23-17;6-5(7,8)3-2(9)1-10-11-4(3)12/h5,7-10H,2-4,6H2,1H3,(H2,21,22,23);1H,(H3,9,11,12). The van der Waals surface area contributed by atoms with E-state index < -0.39 is 28.8 Å². The Bertz CT molecular complexity index is 1540. The number of unbranched alkanes of at least 4 members (excludes halogenated alkanes) is 2. The molecule has 37 heavy (non-hydrogen) atoms. The molecule has 0 aliphatic heterocycles. The van der Waals surface area contributed by atoms with Crippen molar-refractivity contribution in [2.45, 2.75) is 38.9 Å².